The Bertz CT molecular complexity index is 644. The lowest BCUT2D eigenvalue weighted by Crippen LogP contribution is -2.15. The molecule has 0 bridgehead atoms. The molecule has 110 valence electrons. The fourth-order valence-corrected chi connectivity index (χ4v) is 2.74. The molecule has 0 atom stereocenters. The van der Waals surface area contributed by atoms with Crippen LogP contribution < -0.4 is 10.1 Å². The highest BCUT2D eigenvalue weighted by Gasteiger charge is 2.21. The Labute approximate surface area is 127 Å². The number of benzene rings is 2. The maximum atomic E-state index is 5.68. The van der Waals surface area contributed by atoms with Gasteiger partial charge in [0.2, 0.25) is 0 Å². The van der Waals surface area contributed by atoms with E-state index in [0.29, 0.717) is 0 Å². The summed E-state index contributed by atoms with van der Waals surface area (Å²) < 4.78 is 5.68. The third-order valence-corrected chi connectivity index (χ3v) is 4.35. The molecule has 2 heteroatoms. The summed E-state index contributed by atoms with van der Waals surface area (Å²) in [6.07, 6.45) is 2.63. The molecule has 0 amide bonds. The summed E-state index contributed by atoms with van der Waals surface area (Å²) in [5.41, 5.74) is 6.29. The Morgan fingerprint density at radius 1 is 1.05 bits per heavy atom. The molecular weight excluding hydrogens is 258 g/mol. The largest absolute Gasteiger partial charge is 0.496 e. The molecule has 3 rings (SSSR count). The molecule has 1 fully saturated rings. The molecular formula is C19H23NO. The molecule has 0 radical (unpaired) electrons. The van der Waals surface area contributed by atoms with E-state index in [2.05, 4.69) is 55.6 Å². The third kappa shape index (κ3) is 2.96. The lowest BCUT2D eigenvalue weighted by molar-refractivity contribution is 0.413. The van der Waals surface area contributed by atoms with E-state index < -0.39 is 0 Å². The average Bonchev–Trinajstić information content (AvgIpc) is 3.32. The molecule has 2 aromatic carbocycles. The molecule has 1 N–H and O–H groups in total. The van der Waals surface area contributed by atoms with E-state index >= 15 is 0 Å². The van der Waals surface area contributed by atoms with E-state index in [1.807, 2.05) is 0 Å². The average molecular weight is 281 g/mol. The number of hydrogen-bond donors (Lipinski definition) is 1. The van der Waals surface area contributed by atoms with E-state index in [1.54, 1.807) is 7.11 Å². The highest BCUT2D eigenvalue weighted by atomic mass is 16.5. The second-order valence-corrected chi connectivity index (χ2v) is 5.90. The molecule has 21 heavy (non-hydrogen) atoms. The van der Waals surface area contributed by atoms with Gasteiger partial charge >= 0.3 is 0 Å². The minimum atomic E-state index is 0.722. The van der Waals surface area contributed by atoms with Crippen molar-refractivity contribution in [1.82, 2.24) is 5.32 Å². The molecule has 0 heterocycles. The molecule has 1 saturated carbocycles. The van der Waals surface area contributed by atoms with Gasteiger partial charge in [0.25, 0.3) is 0 Å². The van der Waals surface area contributed by atoms with Crippen molar-refractivity contribution in [3.8, 4) is 16.9 Å². The smallest absolute Gasteiger partial charge is 0.129 e. The standard InChI is InChI=1S/C19H23NO/c1-13-8-11-18(19(21-3)14(13)2)17-7-5-4-6-15(17)12-20-16-9-10-16/h4-8,11,16,20H,9-10,12H2,1-3H3. The van der Waals surface area contributed by atoms with E-state index in [0.717, 1.165) is 18.3 Å². The van der Waals surface area contributed by atoms with Crippen molar-refractivity contribution in [3.05, 3.63) is 53.1 Å². The maximum absolute atomic E-state index is 5.68. The van der Waals surface area contributed by atoms with Crippen molar-refractivity contribution in [3.63, 3.8) is 0 Å². The normalized spacial score (nSPS) is 14.2. The summed E-state index contributed by atoms with van der Waals surface area (Å²) in [5.74, 6) is 0.994. The van der Waals surface area contributed by atoms with Crippen molar-refractivity contribution in [2.24, 2.45) is 0 Å². The molecule has 1 aliphatic carbocycles. The minimum Gasteiger partial charge on any atom is -0.496 e. The Morgan fingerprint density at radius 3 is 2.52 bits per heavy atom. The first-order valence-electron chi connectivity index (χ1n) is 7.66. The molecule has 0 aromatic heterocycles. The maximum Gasteiger partial charge on any atom is 0.129 e. The monoisotopic (exact) mass is 281 g/mol. The first kappa shape index (κ1) is 14.2. The lowest BCUT2D eigenvalue weighted by atomic mass is 9.95. The van der Waals surface area contributed by atoms with Crippen LogP contribution in [0.1, 0.15) is 29.5 Å². The number of methoxy groups -OCH3 is 1. The number of hydrogen-bond acceptors (Lipinski definition) is 2. The van der Waals surface area contributed by atoms with Crippen molar-refractivity contribution in [1.29, 1.82) is 0 Å². The summed E-state index contributed by atoms with van der Waals surface area (Å²) in [7, 11) is 1.76. The van der Waals surface area contributed by atoms with Gasteiger partial charge in [-0.05, 0) is 48.9 Å². The van der Waals surface area contributed by atoms with Crippen molar-refractivity contribution in [2.75, 3.05) is 7.11 Å². The van der Waals surface area contributed by atoms with Gasteiger partial charge in [-0.2, -0.15) is 0 Å². The number of ether oxygens (including phenoxy) is 1. The van der Waals surface area contributed by atoms with Gasteiger partial charge in [-0.25, -0.2) is 0 Å². The fourth-order valence-electron chi connectivity index (χ4n) is 2.74. The predicted octanol–water partition coefficient (Wildman–Crippen LogP) is 4.23. The van der Waals surface area contributed by atoms with Crippen LogP contribution in [-0.4, -0.2) is 13.2 Å². The van der Waals surface area contributed by atoms with Gasteiger partial charge < -0.3 is 10.1 Å². The highest BCUT2D eigenvalue weighted by Crippen LogP contribution is 2.36. The minimum absolute atomic E-state index is 0.722. The molecule has 1 aliphatic rings. The zero-order valence-electron chi connectivity index (χ0n) is 13.1. The second-order valence-electron chi connectivity index (χ2n) is 5.90. The van der Waals surface area contributed by atoms with E-state index in [9.17, 15) is 0 Å². The van der Waals surface area contributed by atoms with Crippen molar-refractivity contribution in [2.45, 2.75) is 39.3 Å². The summed E-state index contributed by atoms with van der Waals surface area (Å²) in [6, 6.07) is 13.7. The zero-order chi connectivity index (χ0) is 14.8. The van der Waals surface area contributed by atoms with E-state index in [1.165, 1.54) is 40.7 Å². The van der Waals surface area contributed by atoms with Crippen LogP contribution in [0.4, 0.5) is 0 Å². The Kier molecular flexibility index (Phi) is 3.98. The summed E-state index contributed by atoms with van der Waals surface area (Å²) in [6.45, 7) is 5.18. The number of rotatable bonds is 5. The van der Waals surface area contributed by atoms with Crippen molar-refractivity contribution >= 4 is 0 Å². The van der Waals surface area contributed by atoms with E-state index in [-0.39, 0.29) is 0 Å². The van der Waals surface area contributed by atoms with E-state index in [4.69, 9.17) is 4.74 Å². The summed E-state index contributed by atoms with van der Waals surface area (Å²) in [5, 5.41) is 3.61. The van der Waals surface area contributed by atoms with Crippen LogP contribution in [0.2, 0.25) is 0 Å². The van der Waals surface area contributed by atoms with Crippen LogP contribution in [0.25, 0.3) is 11.1 Å². The van der Waals surface area contributed by atoms with Crippen LogP contribution in [0, 0.1) is 13.8 Å². The van der Waals surface area contributed by atoms with Crippen LogP contribution in [0.15, 0.2) is 36.4 Å². The van der Waals surface area contributed by atoms with Crippen LogP contribution in [0.5, 0.6) is 5.75 Å². The fraction of sp³-hybridized carbons (Fsp3) is 0.368. The highest BCUT2D eigenvalue weighted by molar-refractivity contribution is 5.75. The quantitative estimate of drug-likeness (QED) is 0.885. The molecule has 0 aliphatic heterocycles. The second kappa shape index (κ2) is 5.90. The van der Waals surface area contributed by atoms with Gasteiger partial charge in [0.15, 0.2) is 0 Å². The molecule has 0 unspecified atom stereocenters. The van der Waals surface area contributed by atoms with Gasteiger partial charge in [-0.1, -0.05) is 36.4 Å². The molecule has 0 saturated heterocycles. The SMILES string of the molecule is COc1c(-c2ccccc2CNC2CC2)ccc(C)c1C. The molecule has 2 nitrogen and oxygen atoms in total. The van der Waals surface area contributed by atoms with Crippen molar-refractivity contribution < 1.29 is 4.74 Å². The summed E-state index contributed by atoms with van der Waals surface area (Å²) >= 11 is 0. The Morgan fingerprint density at radius 2 is 1.81 bits per heavy atom. The van der Waals surface area contributed by atoms with Gasteiger partial charge in [0, 0.05) is 18.2 Å². The van der Waals surface area contributed by atoms with Crippen LogP contribution in [-0.2, 0) is 6.54 Å². The first-order chi connectivity index (χ1) is 10.2. The van der Waals surface area contributed by atoms with Gasteiger partial charge in [0.05, 0.1) is 7.11 Å². The first-order valence-corrected chi connectivity index (χ1v) is 7.66. The van der Waals surface area contributed by atoms with Crippen LogP contribution >= 0.6 is 0 Å². The van der Waals surface area contributed by atoms with Gasteiger partial charge in [-0.15, -0.1) is 0 Å². The van der Waals surface area contributed by atoms with Gasteiger partial charge in [-0.3, -0.25) is 0 Å². The molecule has 2 aromatic rings. The third-order valence-electron chi connectivity index (χ3n) is 4.35. The number of aryl methyl sites for hydroxylation is 1. The summed E-state index contributed by atoms with van der Waals surface area (Å²) in [4.78, 5) is 0. The van der Waals surface area contributed by atoms with Crippen LogP contribution in [0.3, 0.4) is 0 Å². The molecule has 0 spiro atoms. The number of nitrogens with one attached hydrogen (secondary N) is 1. The van der Waals surface area contributed by atoms with Gasteiger partial charge in [0.1, 0.15) is 5.75 Å². The Balaban J connectivity index is 2.01. The Hall–Kier alpha value is -1.80. The topological polar surface area (TPSA) is 21.3 Å². The lowest BCUT2D eigenvalue weighted by Gasteiger charge is -2.16. The predicted molar refractivity (Wildman–Crippen MR) is 87.8 cm³/mol. The zero-order valence-corrected chi connectivity index (χ0v) is 13.1.